The molecule has 0 bridgehead atoms. The second kappa shape index (κ2) is 7.99. The highest BCUT2D eigenvalue weighted by Gasteiger charge is 2.29. The van der Waals surface area contributed by atoms with Crippen LogP contribution in [0.5, 0.6) is 5.75 Å². The van der Waals surface area contributed by atoms with E-state index in [1.54, 1.807) is 44.5 Å². The lowest BCUT2D eigenvalue weighted by atomic mass is 10.1. The van der Waals surface area contributed by atoms with Gasteiger partial charge in [0.1, 0.15) is 11.6 Å². The lowest BCUT2D eigenvalue weighted by Crippen LogP contribution is -2.32. The fraction of sp³-hybridized carbons (Fsp3) is 0.182. The summed E-state index contributed by atoms with van der Waals surface area (Å²) < 4.78 is 47.8. The highest BCUT2D eigenvalue weighted by molar-refractivity contribution is 7.92. The molecule has 4 aromatic rings. The number of anilines is 1. The van der Waals surface area contributed by atoms with Crippen LogP contribution in [-0.4, -0.2) is 30.7 Å². The number of aromatic amines is 1. The predicted molar refractivity (Wildman–Crippen MR) is 116 cm³/mol. The van der Waals surface area contributed by atoms with Crippen molar-refractivity contribution in [3.8, 4) is 5.75 Å². The number of pyridine rings is 1. The van der Waals surface area contributed by atoms with E-state index in [4.69, 9.17) is 4.74 Å². The zero-order valence-corrected chi connectivity index (χ0v) is 18.1. The number of rotatable bonds is 6. The number of sulfonamides is 1. The molecule has 0 amide bonds. The minimum atomic E-state index is -4.07. The Morgan fingerprint density at radius 2 is 1.90 bits per heavy atom. The third-order valence-electron chi connectivity index (χ3n) is 5.12. The van der Waals surface area contributed by atoms with Crippen LogP contribution in [0.1, 0.15) is 16.7 Å². The number of methoxy groups -OCH3 is 1. The monoisotopic (exact) mass is 440 g/mol. The molecule has 0 saturated heterocycles. The number of nitrogens with zero attached hydrogens (tertiary/aromatic N) is 3. The molecule has 0 radical (unpaired) electrons. The van der Waals surface area contributed by atoms with Gasteiger partial charge < -0.3 is 4.74 Å². The van der Waals surface area contributed by atoms with Crippen LogP contribution in [0, 0.1) is 19.8 Å². The van der Waals surface area contributed by atoms with Gasteiger partial charge in [0.15, 0.2) is 0 Å². The van der Waals surface area contributed by atoms with E-state index in [0.29, 0.717) is 16.7 Å². The summed E-state index contributed by atoms with van der Waals surface area (Å²) in [6.45, 7) is 3.56. The Morgan fingerprint density at radius 3 is 2.61 bits per heavy atom. The summed E-state index contributed by atoms with van der Waals surface area (Å²) >= 11 is 0. The highest BCUT2D eigenvalue weighted by Crippen LogP contribution is 2.30. The maximum Gasteiger partial charge on any atom is 0.266 e. The molecule has 4 rings (SSSR count). The molecular weight excluding hydrogens is 419 g/mol. The van der Waals surface area contributed by atoms with Crippen LogP contribution in [0.15, 0.2) is 59.6 Å². The van der Waals surface area contributed by atoms with E-state index in [2.05, 4.69) is 15.2 Å². The maximum absolute atomic E-state index is 13.9. The van der Waals surface area contributed by atoms with Crippen molar-refractivity contribution in [1.82, 2.24) is 15.2 Å². The summed E-state index contributed by atoms with van der Waals surface area (Å²) in [4.78, 5) is 3.95. The van der Waals surface area contributed by atoms with E-state index in [0.717, 1.165) is 20.9 Å². The minimum Gasteiger partial charge on any atom is -0.497 e. The topological polar surface area (TPSA) is 88.2 Å². The molecule has 160 valence electrons. The third-order valence-corrected chi connectivity index (χ3v) is 7.02. The van der Waals surface area contributed by atoms with Gasteiger partial charge in [-0.1, -0.05) is 12.1 Å². The van der Waals surface area contributed by atoms with E-state index < -0.39 is 16.0 Å². The number of hydrogen-bond donors (Lipinski definition) is 1. The first-order valence-electron chi connectivity index (χ1n) is 9.52. The van der Waals surface area contributed by atoms with Gasteiger partial charge in [0, 0.05) is 5.39 Å². The molecule has 0 saturated carbocycles. The van der Waals surface area contributed by atoms with Crippen LogP contribution >= 0.6 is 0 Å². The van der Waals surface area contributed by atoms with Crippen molar-refractivity contribution in [3.63, 3.8) is 0 Å². The fourth-order valence-corrected chi connectivity index (χ4v) is 5.06. The summed E-state index contributed by atoms with van der Waals surface area (Å²) in [5.41, 5.74) is 2.87. The quantitative estimate of drug-likeness (QED) is 0.456. The lowest BCUT2D eigenvalue weighted by molar-refractivity contribution is 0.414. The SMILES string of the molecule is COc1ccc(CN(c2cccc(F)n2)S(=O)(=O)c2cc3cn[nH]c3cc2C)c(C)c1. The van der Waals surface area contributed by atoms with Crippen molar-refractivity contribution in [2.24, 2.45) is 0 Å². The number of ether oxygens (including phenoxy) is 1. The van der Waals surface area contributed by atoms with Gasteiger partial charge in [-0.05, 0) is 66.9 Å². The number of fused-ring (bicyclic) bond motifs is 1. The zero-order valence-electron chi connectivity index (χ0n) is 17.3. The molecule has 2 aromatic carbocycles. The van der Waals surface area contributed by atoms with Crippen molar-refractivity contribution in [2.75, 3.05) is 11.4 Å². The van der Waals surface area contributed by atoms with Crippen LogP contribution in [0.4, 0.5) is 10.2 Å². The molecule has 0 aliphatic carbocycles. The lowest BCUT2D eigenvalue weighted by Gasteiger charge is -2.25. The smallest absolute Gasteiger partial charge is 0.266 e. The molecule has 0 aliphatic rings. The molecule has 31 heavy (non-hydrogen) atoms. The number of H-pyrrole nitrogens is 1. The first-order valence-corrected chi connectivity index (χ1v) is 11.0. The number of benzene rings is 2. The third kappa shape index (κ3) is 3.96. The molecule has 0 spiro atoms. The summed E-state index contributed by atoms with van der Waals surface area (Å²) in [6, 6.07) is 12.8. The number of aromatic nitrogens is 3. The largest absolute Gasteiger partial charge is 0.497 e. The van der Waals surface area contributed by atoms with E-state index in [-0.39, 0.29) is 17.3 Å². The first kappa shape index (κ1) is 20.8. The molecule has 0 fully saturated rings. The summed E-state index contributed by atoms with van der Waals surface area (Å²) in [5, 5.41) is 7.47. The van der Waals surface area contributed by atoms with Gasteiger partial charge in [0.05, 0.1) is 30.3 Å². The van der Waals surface area contributed by atoms with Gasteiger partial charge in [-0.25, -0.2) is 17.7 Å². The molecule has 1 N–H and O–H groups in total. The molecule has 7 nitrogen and oxygen atoms in total. The molecular formula is C22H21FN4O3S. The standard InChI is InChI=1S/C22H21FN4O3S/c1-14-9-18(30-3)8-7-16(14)13-27(22-6-4-5-21(23)25-22)31(28,29)20-11-17-12-24-26-19(17)10-15(20)2/h4-12H,13H2,1-3H3,(H,24,26). The average Bonchev–Trinajstić information content (AvgIpc) is 3.19. The summed E-state index contributed by atoms with van der Waals surface area (Å²) in [7, 11) is -2.50. The molecule has 2 heterocycles. The second-order valence-electron chi connectivity index (χ2n) is 7.20. The molecule has 2 aromatic heterocycles. The van der Waals surface area contributed by atoms with Crippen LogP contribution in [-0.2, 0) is 16.6 Å². The van der Waals surface area contributed by atoms with Gasteiger partial charge in [-0.3, -0.25) is 5.10 Å². The average molecular weight is 441 g/mol. The predicted octanol–water partition coefficient (Wildman–Crippen LogP) is 4.12. The van der Waals surface area contributed by atoms with Crippen LogP contribution < -0.4 is 9.04 Å². The van der Waals surface area contributed by atoms with Gasteiger partial charge in [-0.2, -0.15) is 9.49 Å². The van der Waals surface area contributed by atoms with Crippen molar-refractivity contribution in [1.29, 1.82) is 0 Å². The van der Waals surface area contributed by atoms with Crippen LogP contribution in [0.3, 0.4) is 0 Å². The number of nitrogens with one attached hydrogen (secondary N) is 1. The minimum absolute atomic E-state index is 0.00177. The normalized spacial score (nSPS) is 11.6. The van der Waals surface area contributed by atoms with E-state index in [9.17, 15) is 12.8 Å². The van der Waals surface area contributed by atoms with E-state index in [1.807, 2.05) is 13.0 Å². The van der Waals surface area contributed by atoms with Gasteiger partial charge in [0.25, 0.3) is 10.0 Å². The molecule has 0 atom stereocenters. The Kier molecular flexibility index (Phi) is 5.36. The molecule has 9 heteroatoms. The summed E-state index contributed by atoms with van der Waals surface area (Å²) in [6.07, 6.45) is 1.56. The molecule has 0 unspecified atom stereocenters. The Balaban J connectivity index is 1.86. The first-order chi connectivity index (χ1) is 14.8. The van der Waals surface area contributed by atoms with Gasteiger partial charge in [-0.15, -0.1) is 0 Å². The van der Waals surface area contributed by atoms with Crippen molar-refractivity contribution in [3.05, 3.63) is 77.4 Å². The second-order valence-corrected chi connectivity index (χ2v) is 9.03. The van der Waals surface area contributed by atoms with Crippen LogP contribution in [0.25, 0.3) is 10.9 Å². The zero-order chi connectivity index (χ0) is 22.2. The Bertz CT molecular complexity index is 1370. The highest BCUT2D eigenvalue weighted by atomic mass is 32.2. The number of aryl methyl sites for hydroxylation is 2. The van der Waals surface area contributed by atoms with E-state index in [1.165, 1.54) is 18.2 Å². The Morgan fingerprint density at radius 1 is 1.10 bits per heavy atom. The fourth-order valence-electron chi connectivity index (χ4n) is 3.43. The Hall–Kier alpha value is -3.46. The van der Waals surface area contributed by atoms with Crippen molar-refractivity contribution >= 4 is 26.7 Å². The summed E-state index contributed by atoms with van der Waals surface area (Å²) in [5.74, 6) is -0.0890. The van der Waals surface area contributed by atoms with Gasteiger partial charge >= 0.3 is 0 Å². The van der Waals surface area contributed by atoms with Crippen molar-refractivity contribution < 1.29 is 17.5 Å². The number of hydrogen-bond acceptors (Lipinski definition) is 5. The molecule has 0 aliphatic heterocycles. The maximum atomic E-state index is 13.9. The van der Waals surface area contributed by atoms with E-state index >= 15 is 0 Å². The number of halogens is 1. The van der Waals surface area contributed by atoms with Crippen molar-refractivity contribution in [2.45, 2.75) is 25.3 Å². The van der Waals surface area contributed by atoms with Gasteiger partial charge in [0.2, 0.25) is 5.95 Å². The Labute approximate surface area is 179 Å². The van der Waals surface area contributed by atoms with Crippen LogP contribution in [0.2, 0.25) is 0 Å².